The molecular formula is C39H74. The van der Waals surface area contributed by atoms with E-state index in [0.717, 1.165) is 11.8 Å². The van der Waals surface area contributed by atoms with Gasteiger partial charge in [-0.15, -0.1) is 0 Å². The van der Waals surface area contributed by atoms with Gasteiger partial charge in [-0.1, -0.05) is 205 Å². The summed E-state index contributed by atoms with van der Waals surface area (Å²) in [7, 11) is 0. The van der Waals surface area contributed by atoms with E-state index in [1.165, 1.54) is 173 Å². The van der Waals surface area contributed by atoms with Crippen molar-refractivity contribution in [1.82, 2.24) is 0 Å². The lowest BCUT2D eigenvalue weighted by Crippen LogP contribution is -2.24. The van der Waals surface area contributed by atoms with E-state index in [1.807, 2.05) is 0 Å². The molecule has 0 radical (unpaired) electrons. The Morgan fingerprint density at radius 3 is 0.744 bits per heavy atom. The first-order chi connectivity index (χ1) is 19.4. The molecule has 1 spiro atoms. The topological polar surface area (TPSA) is 0 Å². The van der Waals surface area contributed by atoms with Crippen molar-refractivity contribution in [2.75, 3.05) is 0 Å². The number of hydrogen-bond donors (Lipinski definition) is 0. The van der Waals surface area contributed by atoms with E-state index in [1.54, 1.807) is 57.8 Å². The van der Waals surface area contributed by atoms with Crippen LogP contribution in [0.4, 0.5) is 0 Å². The van der Waals surface area contributed by atoms with Crippen molar-refractivity contribution in [2.24, 2.45) is 17.3 Å². The van der Waals surface area contributed by atoms with Crippen LogP contribution in [0, 0.1) is 17.3 Å². The van der Waals surface area contributed by atoms with E-state index >= 15 is 0 Å². The van der Waals surface area contributed by atoms with Crippen LogP contribution in [0.5, 0.6) is 0 Å². The molecule has 0 saturated heterocycles. The molecule has 3 saturated carbocycles. The molecular weight excluding hydrogens is 468 g/mol. The minimum Gasteiger partial charge on any atom is -0.0533 e. The predicted molar refractivity (Wildman–Crippen MR) is 176 cm³/mol. The molecule has 0 nitrogen and oxygen atoms in total. The normalized spacial score (nSPS) is 28.8. The molecule has 0 heterocycles. The quantitative estimate of drug-likeness (QED) is 0.309. The van der Waals surface area contributed by atoms with Crippen LogP contribution in [0.2, 0.25) is 0 Å². The summed E-state index contributed by atoms with van der Waals surface area (Å²) in [6.07, 6.45) is 55.1. The summed E-state index contributed by atoms with van der Waals surface area (Å²) in [6, 6.07) is 0. The van der Waals surface area contributed by atoms with Crippen molar-refractivity contribution in [3.05, 3.63) is 0 Å². The molecule has 39 heavy (non-hydrogen) atoms. The Morgan fingerprint density at radius 2 is 0.410 bits per heavy atom. The summed E-state index contributed by atoms with van der Waals surface area (Å²) in [5.41, 5.74) is 0.708. The monoisotopic (exact) mass is 543 g/mol. The SMILES string of the molecule is C1CCCCCCCCC2(CCCCCCCC1)CCCCCC(C1CCCCCCCCCCC1)CCC2. The Kier molecular flexibility index (Phi) is 19.4. The number of rotatable bonds is 1. The van der Waals surface area contributed by atoms with Gasteiger partial charge in [0.25, 0.3) is 0 Å². The second-order valence-corrected chi connectivity index (χ2v) is 15.1. The first kappa shape index (κ1) is 33.5. The zero-order chi connectivity index (χ0) is 27.1. The van der Waals surface area contributed by atoms with Crippen molar-refractivity contribution in [3.63, 3.8) is 0 Å². The van der Waals surface area contributed by atoms with Crippen molar-refractivity contribution < 1.29 is 0 Å². The molecule has 0 aromatic rings. The standard InChI is InChI=1S/C39H74/c1-2-4-6-11-15-19-25-33-39(34-26-20-16-12-7-5-3-1)35-27-21-24-31-38(32-28-36-39)37-29-22-17-13-9-8-10-14-18-23-30-37/h37-38H,1-36H2. The Balaban J connectivity index is 1.54. The minimum absolute atomic E-state index is 0.708. The maximum Gasteiger partial charge on any atom is -0.0297 e. The van der Waals surface area contributed by atoms with E-state index in [0.29, 0.717) is 5.41 Å². The molecule has 0 aromatic carbocycles. The average Bonchev–Trinajstić information content (AvgIpc) is 2.94. The van der Waals surface area contributed by atoms with Gasteiger partial charge >= 0.3 is 0 Å². The molecule has 0 amide bonds. The van der Waals surface area contributed by atoms with Crippen LogP contribution in [-0.2, 0) is 0 Å². The van der Waals surface area contributed by atoms with Crippen molar-refractivity contribution in [3.8, 4) is 0 Å². The maximum absolute atomic E-state index is 1.58. The molecule has 3 fully saturated rings. The van der Waals surface area contributed by atoms with Gasteiger partial charge in [0.05, 0.1) is 0 Å². The molecule has 230 valence electrons. The third-order valence-corrected chi connectivity index (χ3v) is 11.8. The molecule has 0 heteroatoms. The Labute approximate surface area is 248 Å². The smallest absolute Gasteiger partial charge is 0.0297 e. The predicted octanol–water partition coefficient (Wildman–Crippen LogP) is 14.3. The van der Waals surface area contributed by atoms with Crippen molar-refractivity contribution in [1.29, 1.82) is 0 Å². The molecule has 1 unspecified atom stereocenters. The van der Waals surface area contributed by atoms with Gasteiger partial charge in [-0.2, -0.15) is 0 Å². The van der Waals surface area contributed by atoms with Crippen LogP contribution in [-0.4, -0.2) is 0 Å². The highest BCUT2D eigenvalue weighted by Gasteiger charge is 2.30. The maximum atomic E-state index is 1.58. The van der Waals surface area contributed by atoms with E-state index in [4.69, 9.17) is 0 Å². The minimum atomic E-state index is 0.708. The summed E-state index contributed by atoms with van der Waals surface area (Å²) in [6.45, 7) is 0. The third kappa shape index (κ3) is 15.7. The molecule has 3 rings (SSSR count). The molecule has 0 N–H and O–H groups in total. The first-order valence-corrected chi connectivity index (χ1v) is 19.4. The van der Waals surface area contributed by atoms with Gasteiger partial charge < -0.3 is 0 Å². The molecule has 0 aromatic heterocycles. The Morgan fingerprint density at radius 1 is 0.205 bits per heavy atom. The second kappa shape index (κ2) is 22.6. The fourth-order valence-electron chi connectivity index (χ4n) is 9.15. The van der Waals surface area contributed by atoms with Crippen LogP contribution >= 0.6 is 0 Å². The lowest BCUT2D eigenvalue weighted by atomic mass is 9.68. The second-order valence-electron chi connectivity index (χ2n) is 15.1. The van der Waals surface area contributed by atoms with Gasteiger partial charge in [0.15, 0.2) is 0 Å². The van der Waals surface area contributed by atoms with Crippen LogP contribution in [0.25, 0.3) is 0 Å². The number of hydrogen-bond acceptors (Lipinski definition) is 0. The van der Waals surface area contributed by atoms with E-state index < -0.39 is 0 Å². The van der Waals surface area contributed by atoms with Gasteiger partial charge in [-0.05, 0) is 42.9 Å². The molecule has 0 bridgehead atoms. The Hall–Kier alpha value is 0. The highest BCUT2D eigenvalue weighted by atomic mass is 14.4. The van der Waals surface area contributed by atoms with Crippen LogP contribution in [0.15, 0.2) is 0 Å². The van der Waals surface area contributed by atoms with Gasteiger partial charge in [0.2, 0.25) is 0 Å². The van der Waals surface area contributed by atoms with Gasteiger partial charge in [-0.3, -0.25) is 0 Å². The van der Waals surface area contributed by atoms with Gasteiger partial charge in [0.1, 0.15) is 0 Å². The summed E-state index contributed by atoms with van der Waals surface area (Å²) >= 11 is 0. The largest absolute Gasteiger partial charge is 0.0533 e. The third-order valence-electron chi connectivity index (χ3n) is 11.8. The Bertz CT molecular complexity index is 504. The summed E-state index contributed by atoms with van der Waals surface area (Å²) < 4.78 is 0. The van der Waals surface area contributed by atoms with Crippen molar-refractivity contribution >= 4 is 0 Å². The van der Waals surface area contributed by atoms with E-state index in [-0.39, 0.29) is 0 Å². The highest BCUT2D eigenvalue weighted by molar-refractivity contribution is 4.83. The molecule has 0 aliphatic heterocycles. The molecule has 3 aliphatic rings. The lowest BCUT2D eigenvalue weighted by Gasteiger charge is -2.37. The lowest BCUT2D eigenvalue weighted by molar-refractivity contribution is 0.150. The average molecular weight is 543 g/mol. The summed E-state index contributed by atoms with van der Waals surface area (Å²) in [5.74, 6) is 2.12. The fraction of sp³-hybridized carbons (Fsp3) is 1.00. The zero-order valence-corrected chi connectivity index (χ0v) is 27.1. The van der Waals surface area contributed by atoms with Crippen molar-refractivity contribution in [2.45, 2.75) is 231 Å². The van der Waals surface area contributed by atoms with Crippen LogP contribution in [0.3, 0.4) is 0 Å². The summed E-state index contributed by atoms with van der Waals surface area (Å²) in [5, 5.41) is 0. The first-order valence-electron chi connectivity index (χ1n) is 19.4. The van der Waals surface area contributed by atoms with Gasteiger partial charge in [0, 0.05) is 0 Å². The molecule has 3 aliphatic carbocycles. The van der Waals surface area contributed by atoms with Gasteiger partial charge in [-0.25, -0.2) is 0 Å². The summed E-state index contributed by atoms with van der Waals surface area (Å²) in [4.78, 5) is 0. The highest BCUT2D eigenvalue weighted by Crippen LogP contribution is 2.44. The van der Waals surface area contributed by atoms with Crippen LogP contribution < -0.4 is 0 Å². The fourth-order valence-corrected chi connectivity index (χ4v) is 9.15. The van der Waals surface area contributed by atoms with Crippen LogP contribution in [0.1, 0.15) is 231 Å². The molecule has 1 atom stereocenters. The van der Waals surface area contributed by atoms with E-state index in [9.17, 15) is 0 Å². The van der Waals surface area contributed by atoms with E-state index in [2.05, 4.69) is 0 Å². The zero-order valence-electron chi connectivity index (χ0n) is 27.1.